The van der Waals surface area contributed by atoms with E-state index in [1.54, 1.807) is 6.07 Å². The Labute approximate surface area is 175 Å². The van der Waals surface area contributed by atoms with Crippen LogP contribution in [0.5, 0.6) is 0 Å². The van der Waals surface area contributed by atoms with Crippen molar-refractivity contribution in [2.75, 3.05) is 11.9 Å². The van der Waals surface area contributed by atoms with Crippen LogP contribution in [0.2, 0.25) is 5.15 Å². The van der Waals surface area contributed by atoms with Crippen molar-refractivity contribution in [3.63, 3.8) is 0 Å². The third kappa shape index (κ3) is 2.89. The SMILES string of the molecule is C[C@@H]1CNc2c(sc3ccc4nc(-c5cc(Cl)ncc5C#N)ccc4c23)C(=O)N1. The van der Waals surface area contributed by atoms with Crippen molar-refractivity contribution in [3.05, 3.63) is 52.1 Å². The van der Waals surface area contributed by atoms with Crippen molar-refractivity contribution in [1.29, 1.82) is 5.26 Å². The van der Waals surface area contributed by atoms with Crippen molar-refractivity contribution in [3.8, 4) is 17.3 Å². The maximum Gasteiger partial charge on any atom is 0.263 e. The first-order valence-electron chi connectivity index (χ1n) is 9.02. The Hall–Kier alpha value is -3.21. The molecule has 4 aromatic rings. The van der Waals surface area contributed by atoms with Gasteiger partial charge in [-0.3, -0.25) is 4.79 Å². The second kappa shape index (κ2) is 6.69. The summed E-state index contributed by atoms with van der Waals surface area (Å²) >= 11 is 7.51. The molecule has 2 N–H and O–H groups in total. The molecule has 0 aliphatic carbocycles. The molecule has 0 saturated carbocycles. The highest BCUT2D eigenvalue weighted by Gasteiger charge is 2.24. The van der Waals surface area contributed by atoms with Crippen LogP contribution in [0.3, 0.4) is 0 Å². The zero-order valence-corrected chi connectivity index (χ0v) is 16.9. The number of nitrogens with zero attached hydrogens (tertiary/aromatic N) is 3. The molecular formula is C21H14ClN5OS. The van der Waals surface area contributed by atoms with Crippen molar-refractivity contribution < 1.29 is 4.79 Å². The van der Waals surface area contributed by atoms with Crippen molar-refractivity contribution in [1.82, 2.24) is 15.3 Å². The van der Waals surface area contributed by atoms with Gasteiger partial charge in [0.05, 0.1) is 22.5 Å². The highest BCUT2D eigenvalue weighted by atomic mass is 35.5. The minimum Gasteiger partial charge on any atom is -0.381 e. The summed E-state index contributed by atoms with van der Waals surface area (Å²) < 4.78 is 1.03. The van der Waals surface area contributed by atoms with E-state index in [0.717, 1.165) is 26.7 Å². The van der Waals surface area contributed by atoms with Gasteiger partial charge in [-0.15, -0.1) is 11.3 Å². The molecule has 0 spiro atoms. The van der Waals surface area contributed by atoms with Crippen molar-refractivity contribution >= 4 is 55.5 Å². The first kappa shape index (κ1) is 17.9. The van der Waals surface area contributed by atoms with Gasteiger partial charge in [0.2, 0.25) is 0 Å². The summed E-state index contributed by atoms with van der Waals surface area (Å²) in [4.78, 5) is 22.0. The Morgan fingerprint density at radius 3 is 3.00 bits per heavy atom. The predicted molar refractivity (Wildman–Crippen MR) is 115 cm³/mol. The fourth-order valence-corrected chi connectivity index (χ4v) is 4.86. The lowest BCUT2D eigenvalue weighted by Crippen LogP contribution is -2.34. The largest absolute Gasteiger partial charge is 0.381 e. The monoisotopic (exact) mass is 419 g/mol. The molecule has 0 bridgehead atoms. The number of amides is 1. The molecule has 1 amide bonds. The number of anilines is 1. The van der Waals surface area contributed by atoms with Gasteiger partial charge in [-0.1, -0.05) is 11.6 Å². The van der Waals surface area contributed by atoms with Gasteiger partial charge in [-0.2, -0.15) is 5.26 Å². The van der Waals surface area contributed by atoms with E-state index in [9.17, 15) is 10.1 Å². The van der Waals surface area contributed by atoms with Crippen LogP contribution in [-0.4, -0.2) is 28.5 Å². The van der Waals surface area contributed by atoms with Crippen LogP contribution < -0.4 is 10.6 Å². The molecule has 5 rings (SSSR count). The van der Waals surface area contributed by atoms with E-state index < -0.39 is 0 Å². The molecule has 0 fully saturated rings. The molecule has 0 unspecified atom stereocenters. The lowest BCUT2D eigenvalue weighted by atomic mass is 10.0. The van der Waals surface area contributed by atoms with Gasteiger partial charge >= 0.3 is 0 Å². The van der Waals surface area contributed by atoms with Crippen LogP contribution in [0.1, 0.15) is 22.2 Å². The number of nitriles is 1. The van der Waals surface area contributed by atoms with Crippen LogP contribution >= 0.6 is 22.9 Å². The smallest absolute Gasteiger partial charge is 0.263 e. The Bertz CT molecular complexity index is 1360. The number of benzene rings is 1. The van der Waals surface area contributed by atoms with Crippen LogP contribution in [-0.2, 0) is 0 Å². The van der Waals surface area contributed by atoms with E-state index >= 15 is 0 Å². The molecule has 1 aliphatic rings. The van der Waals surface area contributed by atoms with Crippen LogP contribution in [0.4, 0.5) is 5.69 Å². The summed E-state index contributed by atoms with van der Waals surface area (Å²) in [5.41, 5.74) is 3.35. The fourth-order valence-electron chi connectivity index (χ4n) is 3.61. The van der Waals surface area contributed by atoms with E-state index in [0.29, 0.717) is 33.4 Å². The average Bonchev–Trinajstić information content (AvgIpc) is 3.04. The molecule has 1 aliphatic heterocycles. The molecule has 0 saturated heterocycles. The maximum atomic E-state index is 12.6. The standard InChI is InChI=1S/C21H14ClN5OS/c1-10-8-25-19-18-12-2-3-15(13-6-17(22)24-9-11(13)7-23)27-14(12)4-5-16(18)29-20(19)21(28)26-10/h2-6,9-10,25H,8H2,1H3,(H,26,28)/t10-/m1/s1. The van der Waals surface area contributed by atoms with Crippen LogP contribution in [0, 0.1) is 11.3 Å². The van der Waals surface area contributed by atoms with E-state index in [1.807, 2.05) is 31.2 Å². The Kier molecular flexibility index (Phi) is 4.12. The van der Waals surface area contributed by atoms with Gasteiger partial charge in [0.15, 0.2) is 0 Å². The van der Waals surface area contributed by atoms with Crippen LogP contribution in [0.25, 0.3) is 32.2 Å². The number of halogens is 1. The number of hydrogen-bond donors (Lipinski definition) is 2. The molecule has 1 aromatic carbocycles. The molecule has 29 heavy (non-hydrogen) atoms. The lowest BCUT2D eigenvalue weighted by Gasteiger charge is -2.10. The number of aromatic nitrogens is 2. The molecule has 3 aromatic heterocycles. The fraction of sp³-hybridized carbons (Fsp3) is 0.143. The second-order valence-corrected chi connectivity index (χ2v) is 8.37. The van der Waals surface area contributed by atoms with Gasteiger partial charge < -0.3 is 10.6 Å². The minimum atomic E-state index is -0.0541. The number of hydrogen-bond acceptors (Lipinski definition) is 6. The minimum absolute atomic E-state index is 0.0534. The zero-order chi connectivity index (χ0) is 20.1. The number of carbonyl (C=O) groups excluding carboxylic acids is 1. The normalized spacial score (nSPS) is 16.0. The number of nitrogens with one attached hydrogen (secondary N) is 2. The average molecular weight is 420 g/mol. The van der Waals surface area contributed by atoms with Gasteiger partial charge in [-0.05, 0) is 37.3 Å². The molecule has 6 nitrogen and oxygen atoms in total. The van der Waals surface area contributed by atoms with Gasteiger partial charge in [0.25, 0.3) is 5.91 Å². The zero-order valence-electron chi connectivity index (χ0n) is 15.3. The van der Waals surface area contributed by atoms with Gasteiger partial charge in [-0.25, -0.2) is 9.97 Å². The number of thiophene rings is 1. The van der Waals surface area contributed by atoms with E-state index in [4.69, 9.17) is 16.6 Å². The summed E-state index contributed by atoms with van der Waals surface area (Å²) in [6, 6.07) is 11.6. The molecule has 8 heteroatoms. The second-order valence-electron chi connectivity index (χ2n) is 6.93. The van der Waals surface area contributed by atoms with Gasteiger partial charge in [0.1, 0.15) is 16.1 Å². The number of rotatable bonds is 1. The van der Waals surface area contributed by atoms with E-state index in [-0.39, 0.29) is 11.9 Å². The third-order valence-electron chi connectivity index (χ3n) is 4.96. The molecule has 1 atom stereocenters. The van der Waals surface area contributed by atoms with Crippen molar-refractivity contribution in [2.45, 2.75) is 13.0 Å². The highest BCUT2D eigenvalue weighted by Crippen LogP contribution is 2.41. The highest BCUT2D eigenvalue weighted by molar-refractivity contribution is 7.21. The number of carbonyl (C=O) groups is 1. The number of fused-ring (bicyclic) bond motifs is 5. The Morgan fingerprint density at radius 1 is 1.31 bits per heavy atom. The molecule has 142 valence electrons. The summed E-state index contributed by atoms with van der Waals surface area (Å²) in [7, 11) is 0. The first-order valence-corrected chi connectivity index (χ1v) is 10.2. The predicted octanol–water partition coefficient (Wildman–Crippen LogP) is 4.58. The summed E-state index contributed by atoms with van der Waals surface area (Å²) in [5, 5.41) is 18.1. The summed E-state index contributed by atoms with van der Waals surface area (Å²) in [6.07, 6.45) is 1.45. The third-order valence-corrected chi connectivity index (χ3v) is 6.32. The van der Waals surface area contributed by atoms with Crippen molar-refractivity contribution in [2.24, 2.45) is 0 Å². The summed E-state index contributed by atoms with van der Waals surface area (Å²) in [5.74, 6) is -0.0541. The van der Waals surface area contributed by atoms with Crippen LogP contribution in [0.15, 0.2) is 36.5 Å². The Balaban J connectivity index is 1.74. The molecule has 4 heterocycles. The van der Waals surface area contributed by atoms with E-state index in [1.165, 1.54) is 17.5 Å². The van der Waals surface area contributed by atoms with E-state index in [2.05, 4.69) is 21.7 Å². The first-order chi connectivity index (χ1) is 14.0. The Morgan fingerprint density at radius 2 is 2.17 bits per heavy atom. The lowest BCUT2D eigenvalue weighted by molar-refractivity contribution is 0.0949. The van der Waals surface area contributed by atoms with Gasteiger partial charge in [0, 0.05) is 39.8 Å². The molecular weight excluding hydrogens is 406 g/mol. The molecule has 0 radical (unpaired) electrons. The number of pyridine rings is 2. The quantitative estimate of drug-likeness (QED) is 0.440. The summed E-state index contributed by atoms with van der Waals surface area (Å²) in [6.45, 7) is 2.63. The maximum absolute atomic E-state index is 12.6. The topological polar surface area (TPSA) is 90.7 Å².